The van der Waals surface area contributed by atoms with Gasteiger partial charge in [0.1, 0.15) is 5.56 Å². The second kappa shape index (κ2) is 4.96. The molecule has 2 aromatic rings. The number of H-pyrrole nitrogens is 1. The molecule has 1 heterocycles. The normalized spacial score (nSPS) is 10.3. The molecule has 1 aromatic carbocycles. The van der Waals surface area contributed by atoms with E-state index >= 15 is 0 Å². The summed E-state index contributed by atoms with van der Waals surface area (Å²) in [6.07, 6.45) is 0. The van der Waals surface area contributed by atoms with Gasteiger partial charge in [-0.05, 0) is 13.8 Å². The number of hydrogen-bond acceptors (Lipinski definition) is 3. The van der Waals surface area contributed by atoms with Crippen molar-refractivity contribution in [2.24, 2.45) is 0 Å². The molecule has 0 amide bonds. The van der Waals surface area contributed by atoms with E-state index < -0.39 is 5.97 Å². The van der Waals surface area contributed by atoms with Gasteiger partial charge in [0.2, 0.25) is 0 Å². The first-order valence-corrected chi connectivity index (χ1v) is 5.79. The Hall–Kier alpha value is -2.23. The van der Waals surface area contributed by atoms with Crippen LogP contribution in [0.4, 0.5) is 0 Å². The first-order chi connectivity index (χ1) is 8.65. The molecule has 0 radical (unpaired) electrons. The number of aryl methyl sites for hydroxylation is 1. The molecule has 94 valence electrons. The van der Waals surface area contributed by atoms with Crippen LogP contribution in [0.5, 0.6) is 5.75 Å². The number of rotatable bonds is 3. The Morgan fingerprint density at radius 3 is 2.61 bits per heavy atom. The molecular formula is C14H15NO3. The smallest absolute Gasteiger partial charge is 0.343 e. The molecule has 2 N–H and O–H groups in total. The molecule has 18 heavy (non-hydrogen) atoms. The summed E-state index contributed by atoms with van der Waals surface area (Å²) in [5.41, 5.74) is 2.17. The highest BCUT2D eigenvalue weighted by molar-refractivity contribution is 5.96. The fourth-order valence-electron chi connectivity index (χ4n) is 1.88. The zero-order valence-electron chi connectivity index (χ0n) is 10.4. The van der Waals surface area contributed by atoms with Crippen LogP contribution in [-0.4, -0.2) is 22.7 Å². The van der Waals surface area contributed by atoms with Crippen molar-refractivity contribution < 1.29 is 14.6 Å². The number of aromatic amines is 1. The fraction of sp³-hybridized carbons (Fsp3) is 0.214. The lowest BCUT2D eigenvalue weighted by Crippen LogP contribution is -2.05. The van der Waals surface area contributed by atoms with Gasteiger partial charge in [0.25, 0.3) is 0 Å². The maximum atomic E-state index is 11.7. The molecule has 0 aliphatic carbocycles. The second-order valence-corrected chi connectivity index (χ2v) is 3.94. The van der Waals surface area contributed by atoms with Crippen molar-refractivity contribution in [2.75, 3.05) is 6.61 Å². The number of nitrogens with one attached hydrogen (secondary N) is 1. The maximum Gasteiger partial charge on any atom is 0.343 e. The Labute approximate surface area is 105 Å². The average Bonchev–Trinajstić information content (AvgIpc) is 2.66. The zero-order valence-corrected chi connectivity index (χ0v) is 10.4. The van der Waals surface area contributed by atoms with E-state index in [0.717, 1.165) is 5.56 Å². The molecule has 0 bridgehead atoms. The molecule has 4 nitrogen and oxygen atoms in total. The number of aromatic hydroxyl groups is 1. The standard InChI is InChI=1S/C14H15NO3/c1-3-18-14(17)11-9(2)15-12(13(11)16)10-7-5-4-6-8-10/h4-8,15-16H,3H2,1-2H3. The van der Waals surface area contributed by atoms with E-state index in [4.69, 9.17) is 4.74 Å². The number of ether oxygens (including phenoxy) is 1. The second-order valence-electron chi connectivity index (χ2n) is 3.94. The van der Waals surface area contributed by atoms with Gasteiger partial charge < -0.3 is 14.8 Å². The van der Waals surface area contributed by atoms with Crippen molar-refractivity contribution in [1.82, 2.24) is 4.98 Å². The summed E-state index contributed by atoms with van der Waals surface area (Å²) in [4.78, 5) is 14.7. The fourth-order valence-corrected chi connectivity index (χ4v) is 1.88. The molecule has 0 atom stereocenters. The summed E-state index contributed by atoms with van der Waals surface area (Å²) >= 11 is 0. The Bertz CT molecular complexity index is 558. The minimum Gasteiger partial charge on any atom is -0.505 e. The van der Waals surface area contributed by atoms with E-state index in [-0.39, 0.29) is 17.9 Å². The largest absolute Gasteiger partial charge is 0.505 e. The topological polar surface area (TPSA) is 62.3 Å². The van der Waals surface area contributed by atoms with Crippen molar-refractivity contribution in [3.63, 3.8) is 0 Å². The highest BCUT2D eigenvalue weighted by Crippen LogP contribution is 2.34. The minimum absolute atomic E-state index is 0.0582. The van der Waals surface area contributed by atoms with Crippen molar-refractivity contribution >= 4 is 5.97 Å². The first kappa shape index (κ1) is 12.2. The van der Waals surface area contributed by atoms with Crippen molar-refractivity contribution in [3.05, 3.63) is 41.6 Å². The van der Waals surface area contributed by atoms with Gasteiger partial charge in [-0.25, -0.2) is 4.79 Å². The van der Waals surface area contributed by atoms with E-state index in [1.165, 1.54) is 0 Å². The molecule has 0 spiro atoms. The molecule has 0 unspecified atom stereocenters. The third kappa shape index (κ3) is 2.09. The summed E-state index contributed by atoms with van der Waals surface area (Å²) < 4.78 is 4.92. The van der Waals surface area contributed by atoms with Crippen molar-refractivity contribution in [1.29, 1.82) is 0 Å². The monoisotopic (exact) mass is 245 g/mol. The van der Waals surface area contributed by atoms with Crippen LogP contribution in [-0.2, 0) is 4.74 Å². The van der Waals surface area contributed by atoms with E-state index in [1.54, 1.807) is 13.8 Å². The number of benzene rings is 1. The Morgan fingerprint density at radius 2 is 2.00 bits per heavy atom. The summed E-state index contributed by atoms with van der Waals surface area (Å²) in [5, 5.41) is 10.1. The Kier molecular flexibility index (Phi) is 3.37. The van der Waals surface area contributed by atoms with Crippen molar-refractivity contribution in [3.8, 4) is 17.0 Å². The highest BCUT2D eigenvalue weighted by Gasteiger charge is 2.22. The maximum absolute atomic E-state index is 11.7. The van der Waals surface area contributed by atoms with Gasteiger partial charge in [-0.2, -0.15) is 0 Å². The third-order valence-corrected chi connectivity index (χ3v) is 2.70. The van der Waals surface area contributed by atoms with Crippen LogP contribution in [0.2, 0.25) is 0 Å². The zero-order chi connectivity index (χ0) is 13.1. The lowest BCUT2D eigenvalue weighted by Gasteiger charge is -2.02. The SMILES string of the molecule is CCOC(=O)c1c(C)[nH]c(-c2ccccc2)c1O. The summed E-state index contributed by atoms with van der Waals surface area (Å²) in [7, 11) is 0. The summed E-state index contributed by atoms with van der Waals surface area (Å²) in [6.45, 7) is 3.75. The summed E-state index contributed by atoms with van der Waals surface area (Å²) in [5.74, 6) is -0.567. The van der Waals surface area contributed by atoms with E-state index in [1.807, 2.05) is 30.3 Å². The molecule has 1 aromatic heterocycles. The predicted octanol–water partition coefficient (Wildman–Crippen LogP) is 2.87. The summed E-state index contributed by atoms with van der Waals surface area (Å²) in [6, 6.07) is 9.35. The van der Waals surface area contributed by atoms with Crippen LogP contribution in [0.15, 0.2) is 30.3 Å². The van der Waals surface area contributed by atoms with Crippen LogP contribution in [0.1, 0.15) is 23.0 Å². The van der Waals surface area contributed by atoms with E-state index in [2.05, 4.69) is 4.98 Å². The number of aromatic nitrogens is 1. The van der Waals surface area contributed by atoms with Crippen molar-refractivity contribution in [2.45, 2.75) is 13.8 Å². The van der Waals surface area contributed by atoms with Gasteiger partial charge in [0.15, 0.2) is 5.75 Å². The molecule has 0 aliphatic rings. The number of hydrogen-bond donors (Lipinski definition) is 2. The molecule has 0 saturated carbocycles. The number of carbonyl (C=O) groups excluding carboxylic acids is 1. The van der Waals surface area contributed by atoms with Crippen LogP contribution in [0.25, 0.3) is 11.3 Å². The molecule has 2 rings (SSSR count). The molecule has 4 heteroatoms. The quantitative estimate of drug-likeness (QED) is 0.817. The number of esters is 1. The lowest BCUT2D eigenvalue weighted by atomic mass is 10.1. The average molecular weight is 245 g/mol. The Balaban J connectivity index is 2.47. The Morgan fingerprint density at radius 1 is 1.33 bits per heavy atom. The highest BCUT2D eigenvalue weighted by atomic mass is 16.5. The van der Waals surface area contributed by atoms with Gasteiger partial charge in [-0.15, -0.1) is 0 Å². The van der Waals surface area contributed by atoms with Gasteiger partial charge in [0.05, 0.1) is 12.3 Å². The van der Waals surface area contributed by atoms with E-state index in [9.17, 15) is 9.90 Å². The van der Waals surface area contributed by atoms with Crippen LogP contribution in [0.3, 0.4) is 0 Å². The molecule has 0 fully saturated rings. The minimum atomic E-state index is -0.508. The van der Waals surface area contributed by atoms with E-state index in [0.29, 0.717) is 11.4 Å². The molecule has 0 saturated heterocycles. The molecular weight excluding hydrogens is 230 g/mol. The third-order valence-electron chi connectivity index (χ3n) is 2.70. The van der Waals surface area contributed by atoms with Gasteiger partial charge >= 0.3 is 5.97 Å². The van der Waals surface area contributed by atoms with Gasteiger partial charge in [-0.3, -0.25) is 0 Å². The first-order valence-electron chi connectivity index (χ1n) is 5.79. The predicted molar refractivity (Wildman–Crippen MR) is 68.6 cm³/mol. The molecule has 0 aliphatic heterocycles. The van der Waals surface area contributed by atoms with Crippen LogP contribution in [0, 0.1) is 6.92 Å². The van der Waals surface area contributed by atoms with Gasteiger partial charge in [0, 0.05) is 11.3 Å². The van der Waals surface area contributed by atoms with Crippen LogP contribution >= 0.6 is 0 Å². The lowest BCUT2D eigenvalue weighted by molar-refractivity contribution is 0.0522. The van der Waals surface area contributed by atoms with Crippen LogP contribution < -0.4 is 0 Å². The van der Waals surface area contributed by atoms with Gasteiger partial charge in [-0.1, -0.05) is 30.3 Å². The number of carbonyl (C=O) groups is 1.